The average Bonchev–Trinajstić information content (AvgIpc) is 2.82. The molecule has 102 valence electrons. The van der Waals surface area contributed by atoms with E-state index in [2.05, 4.69) is 54.5 Å². The number of hydrogen-bond donors (Lipinski definition) is 1. The van der Waals surface area contributed by atoms with Gasteiger partial charge >= 0.3 is 0 Å². The molecule has 0 bridgehead atoms. The summed E-state index contributed by atoms with van der Waals surface area (Å²) in [6.45, 7) is 4.71. The van der Waals surface area contributed by atoms with Gasteiger partial charge in [-0.05, 0) is 50.9 Å². The highest BCUT2D eigenvalue weighted by Gasteiger charge is 2.19. The minimum absolute atomic E-state index is 0.453. The van der Waals surface area contributed by atoms with E-state index >= 15 is 0 Å². The first-order valence-electron chi connectivity index (χ1n) is 7.15. The Morgan fingerprint density at radius 1 is 1.37 bits per heavy atom. The van der Waals surface area contributed by atoms with E-state index in [9.17, 15) is 0 Å². The molecule has 2 nitrogen and oxygen atoms in total. The van der Waals surface area contributed by atoms with Crippen LogP contribution in [-0.4, -0.2) is 31.1 Å². The van der Waals surface area contributed by atoms with Crippen LogP contribution in [0, 0.1) is 0 Å². The summed E-state index contributed by atoms with van der Waals surface area (Å²) in [4.78, 5) is 3.88. The van der Waals surface area contributed by atoms with Crippen LogP contribution in [-0.2, 0) is 0 Å². The number of likely N-dealkylation sites (N-methyl/N-ethyl adjacent to an activating group) is 1. The van der Waals surface area contributed by atoms with Gasteiger partial charge in [0.1, 0.15) is 0 Å². The lowest BCUT2D eigenvalue weighted by Crippen LogP contribution is -2.44. The van der Waals surface area contributed by atoms with Crippen molar-refractivity contribution in [3.05, 3.63) is 35.2 Å². The molecule has 0 radical (unpaired) electrons. The van der Waals surface area contributed by atoms with Crippen LogP contribution in [0.3, 0.4) is 0 Å². The Kier molecular flexibility index (Phi) is 3.87. The molecule has 0 amide bonds. The summed E-state index contributed by atoms with van der Waals surface area (Å²) >= 11 is 1.92. The Bertz CT molecular complexity index is 515. The first-order chi connectivity index (χ1) is 9.22. The van der Waals surface area contributed by atoms with Gasteiger partial charge in [0.05, 0.1) is 0 Å². The van der Waals surface area contributed by atoms with Crippen molar-refractivity contribution in [2.75, 3.05) is 20.1 Å². The van der Waals surface area contributed by atoms with Crippen LogP contribution in [0.15, 0.2) is 30.3 Å². The third-order valence-corrected chi connectivity index (χ3v) is 5.28. The Morgan fingerprint density at radius 2 is 2.21 bits per heavy atom. The second kappa shape index (κ2) is 5.61. The van der Waals surface area contributed by atoms with Gasteiger partial charge in [-0.3, -0.25) is 0 Å². The maximum absolute atomic E-state index is 3.80. The van der Waals surface area contributed by atoms with Gasteiger partial charge in [-0.25, -0.2) is 0 Å². The quantitative estimate of drug-likeness (QED) is 0.919. The molecule has 3 rings (SSSR count). The summed E-state index contributed by atoms with van der Waals surface area (Å²) in [7, 11) is 2.22. The lowest BCUT2D eigenvalue weighted by atomic mass is 10.1. The molecule has 1 aliphatic rings. The van der Waals surface area contributed by atoms with Gasteiger partial charge in [0, 0.05) is 28.2 Å². The molecule has 0 saturated carbocycles. The van der Waals surface area contributed by atoms with E-state index in [0.29, 0.717) is 12.1 Å². The van der Waals surface area contributed by atoms with E-state index in [4.69, 9.17) is 0 Å². The molecule has 1 fully saturated rings. The summed E-state index contributed by atoms with van der Waals surface area (Å²) < 4.78 is 1.40. The number of hydrogen-bond acceptors (Lipinski definition) is 3. The molecule has 2 atom stereocenters. The lowest BCUT2D eigenvalue weighted by Gasteiger charge is -2.32. The number of rotatable bonds is 3. The molecule has 2 aromatic rings. The van der Waals surface area contributed by atoms with Crippen LogP contribution in [0.5, 0.6) is 0 Å². The van der Waals surface area contributed by atoms with E-state index in [1.54, 1.807) is 0 Å². The highest BCUT2D eigenvalue weighted by Crippen LogP contribution is 2.30. The number of nitrogens with zero attached hydrogens (tertiary/aromatic N) is 1. The van der Waals surface area contributed by atoms with Crippen molar-refractivity contribution >= 4 is 21.4 Å². The van der Waals surface area contributed by atoms with E-state index < -0.39 is 0 Å². The molecule has 0 spiro atoms. The van der Waals surface area contributed by atoms with Crippen LogP contribution in [0.2, 0.25) is 0 Å². The van der Waals surface area contributed by atoms with Crippen molar-refractivity contribution in [3.63, 3.8) is 0 Å². The molecule has 1 saturated heterocycles. The molecule has 19 heavy (non-hydrogen) atoms. The van der Waals surface area contributed by atoms with E-state index in [-0.39, 0.29) is 0 Å². The highest BCUT2D eigenvalue weighted by molar-refractivity contribution is 7.19. The van der Waals surface area contributed by atoms with Gasteiger partial charge < -0.3 is 10.2 Å². The lowest BCUT2D eigenvalue weighted by molar-refractivity contribution is 0.219. The largest absolute Gasteiger partial charge is 0.305 e. The van der Waals surface area contributed by atoms with Crippen LogP contribution in [0.25, 0.3) is 10.1 Å². The highest BCUT2D eigenvalue weighted by atomic mass is 32.1. The van der Waals surface area contributed by atoms with Gasteiger partial charge in [0.2, 0.25) is 0 Å². The van der Waals surface area contributed by atoms with E-state index in [1.165, 1.54) is 40.9 Å². The second-order valence-corrected chi connectivity index (χ2v) is 6.79. The summed E-state index contributed by atoms with van der Waals surface area (Å²) in [5.74, 6) is 0. The molecule has 0 aliphatic carbocycles. The fourth-order valence-corrected chi connectivity index (χ4v) is 4.03. The number of likely N-dealkylation sites (tertiary alicyclic amines) is 1. The molecule has 3 heteroatoms. The topological polar surface area (TPSA) is 15.3 Å². The minimum Gasteiger partial charge on any atom is -0.305 e. The molecule has 1 N–H and O–H groups in total. The third kappa shape index (κ3) is 2.99. The Balaban J connectivity index is 1.70. The molecule has 2 heterocycles. The van der Waals surface area contributed by atoms with Gasteiger partial charge in [-0.15, -0.1) is 11.3 Å². The Hall–Kier alpha value is -0.900. The number of benzene rings is 1. The first-order valence-corrected chi connectivity index (χ1v) is 7.97. The summed E-state index contributed by atoms with van der Waals surface area (Å²) in [5, 5.41) is 5.17. The molecule has 1 aromatic carbocycles. The van der Waals surface area contributed by atoms with Crippen molar-refractivity contribution in [2.45, 2.75) is 31.8 Å². The summed E-state index contributed by atoms with van der Waals surface area (Å²) in [6.07, 6.45) is 2.62. The monoisotopic (exact) mass is 274 g/mol. The first kappa shape index (κ1) is 13.1. The van der Waals surface area contributed by atoms with Crippen molar-refractivity contribution < 1.29 is 0 Å². The zero-order valence-corrected chi connectivity index (χ0v) is 12.5. The number of piperidine rings is 1. The Morgan fingerprint density at radius 3 is 3.00 bits per heavy atom. The van der Waals surface area contributed by atoms with Crippen LogP contribution in [0.1, 0.15) is 30.7 Å². The smallest absolute Gasteiger partial charge is 0.0389 e. The van der Waals surface area contributed by atoms with Gasteiger partial charge in [0.25, 0.3) is 0 Å². The zero-order chi connectivity index (χ0) is 13.2. The van der Waals surface area contributed by atoms with Gasteiger partial charge in [-0.2, -0.15) is 0 Å². The molecular formula is C16H22N2S. The molecular weight excluding hydrogens is 252 g/mol. The summed E-state index contributed by atoms with van der Waals surface area (Å²) in [6, 6.07) is 12.1. The number of nitrogens with one attached hydrogen (secondary N) is 1. The fraction of sp³-hybridized carbons (Fsp3) is 0.500. The maximum Gasteiger partial charge on any atom is 0.0389 e. The predicted octanol–water partition coefficient (Wildman–Crippen LogP) is 3.65. The number of fused-ring (bicyclic) bond motifs is 1. The molecule has 1 aliphatic heterocycles. The van der Waals surface area contributed by atoms with Crippen molar-refractivity contribution in [1.82, 2.24) is 10.2 Å². The predicted molar refractivity (Wildman–Crippen MR) is 83.9 cm³/mol. The average molecular weight is 274 g/mol. The van der Waals surface area contributed by atoms with Gasteiger partial charge in [-0.1, -0.05) is 18.2 Å². The normalized spacial score (nSPS) is 22.7. The van der Waals surface area contributed by atoms with Crippen molar-refractivity contribution in [1.29, 1.82) is 0 Å². The molecule has 1 aromatic heterocycles. The standard InChI is InChI=1S/C16H22N2S/c1-12(17-14-7-5-9-18(2)11-14)16-10-13-6-3-4-8-15(13)19-16/h3-4,6,8,10,12,14,17H,5,7,9,11H2,1-2H3. The Labute approximate surface area is 119 Å². The van der Waals surface area contributed by atoms with Crippen LogP contribution in [0.4, 0.5) is 0 Å². The van der Waals surface area contributed by atoms with E-state index in [0.717, 1.165) is 0 Å². The van der Waals surface area contributed by atoms with Crippen LogP contribution < -0.4 is 5.32 Å². The SMILES string of the molecule is CC(NC1CCCN(C)C1)c1cc2ccccc2s1. The molecule has 2 unspecified atom stereocenters. The van der Waals surface area contributed by atoms with E-state index in [1.807, 2.05) is 11.3 Å². The fourth-order valence-electron chi connectivity index (χ4n) is 2.95. The van der Waals surface area contributed by atoms with Crippen molar-refractivity contribution in [3.8, 4) is 0 Å². The second-order valence-electron chi connectivity index (χ2n) is 5.68. The van der Waals surface area contributed by atoms with Gasteiger partial charge in [0.15, 0.2) is 0 Å². The third-order valence-electron chi connectivity index (χ3n) is 3.98. The number of thiophene rings is 1. The maximum atomic E-state index is 3.80. The summed E-state index contributed by atoms with van der Waals surface area (Å²) in [5.41, 5.74) is 0. The minimum atomic E-state index is 0.453. The van der Waals surface area contributed by atoms with Crippen LogP contribution >= 0.6 is 11.3 Å². The zero-order valence-electron chi connectivity index (χ0n) is 11.7. The van der Waals surface area contributed by atoms with Crippen molar-refractivity contribution in [2.24, 2.45) is 0 Å².